The number of aromatic nitrogens is 4. The fourth-order valence-corrected chi connectivity index (χ4v) is 2.45. The maximum absolute atomic E-state index is 12.3. The summed E-state index contributed by atoms with van der Waals surface area (Å²) in [5, 5.41) is 13.9. The average molecular weight is 298 g/mol. The first-order valence-corrected chi connectivity index (χ1v) is 6.77. The van der Waals surface area contributed by atoms with Gasteiger partial charge < -0.3 is 9.67 Å². The van der Waals surface area contributed by atoms with Crippen molar-refractivity contribution in [2.24, 2.45) is 7.05 Å². The lowest BCUT2D eigenvalue weighted by Gasteiger charge is -2.10. The van der Waals surface area contributed by atoms with Gasteiger partial charge in [0, 0.05) is 36.9 Å². The zero-order valence-electron chi connectivity index (χ0n) is 12.1. The molecule has 3 heterocycles. The molecule has 0 aromatic carbocycles. The molecule has 7 nitrogen and oxygen atoms in total. The summed E-state index contributed by atoms with van der Waals surface area (Å²) in [7, 11) is 1.81. The number of hydrogen-bond donors (Lipinski definition) is 1. The van der Waals surface area contributed by atoms with Gasteiger partial charge >= 0.3 is 5.97 Å². The van der Waals surface area contributed by atoms with E-state index in [9.17, 15) is 9.59 Å². The van der Waals surface area contributed by atoms with Crippen LogP contribution < -0.4 is 5.56 Å². The molecular formula is C15H14N4O3. The van der Waals surface area contributed by atoms with Crippen molar-refractivity contribution >= 4 is 16.9 Å². The van der Waals surface area contributed by atoms with Crippen molar-refractivity contribution in [3.63, 3.8) is 0 Å². The molecule has 0 radical (unpaired) electrons. The Hall–Kier alpha value is -2.96. The predicted octanol–water partition coefficient (Wildman–Crippen LogP) is 1.52. The van der Waals surface area contributed by atoms with Gasteiger partial charge in [0.15, 0.2) is 0 Å². The van der Waals surface area contributed by atoms with Crippen LogP contribution in [0.4, 0.5) is 0 Å². The number of rotatable bonds is 3. The number of pyridine rings is 2. The number of aromatic carboxylic acids is 1. The first-order valence-electron chi connectivity index (χ1n) is 6.77. The minimum atomic E-state index is -1.23. The van der Waals surface area contributed by atoms with Crippen LogP contribution in [0.25, 0.3) is 22.2 Å². The second-order valence-corrected chi connectivity index (χ2v) is 4.94. The molecule has 0 saturated carbocycles. The van der Waals surface area contributed by atoms with Gasteiger partial charge in [0.25, 0.3) is 5.56 Å². The summed E-state index contributed by atoms with van der Waals surface area (Å²) in [6.45, 7) is 2.18. The lowest BCUT2D eigenvalue weighted by atomic mass is 10.1. The Morgan fingerprint density at radius 3 is 2.68 bits per heavy atom. The summed E-state index contributed by atoms with van der Waals surface area (Å²) >= 11 is 0. The molecule has 0 aliphatic heterocycles. The highest BCUT2D eigenvalue weighted by Crippen LogP contribution is 2.21. The van der Waals surface area contributed by atoms with Crippen LogP contribution in [0.2, 0.25) is 0 Å². The minimum absolute atomic E-state index is 0.245. The van der Waals surface area contributed by atoms with E-state index in [1.54, 1.807) is 30.1 Å². The number of carboxylic acids is 1. The van der Waals surface area contributed by atoms with Crippen molar-refractivity contribution in [1.82, 2.24) is 19.3 Å². The number of carbonyl (C=O) groups is 1. The molecule has 7 heteroatoms. The van der Waals surface area contributed by atoms with E-state index in [4.69, 9.17) is 5.11 Å². The standard InChI is InChI=1S/C15H14N4O3/c1-3-19-13-5-12(10-7-17-18(2)8-10)16-6-9(13)4-11(14(19)20)15(21)22/h4-8H,3H2,1-2H3,(H,21,22). The third-order valence-corrected chi connectivity index (χ3v) is 3.53. The molecule has 0 amide bonds. The van der Waals surface area contributed by atoms with E-state index in [1.807, 2.05) is 13.2 Å². The van der Waals surface area contributed by atoms with E-state index < -0.39 is 11.5 Å². The molecule has 3 aromatic rings. The fraction of sp³-hybridized carbons (Fsp3) is 0.200. The van der Waals surface area contributed by atoms with Crippen LogP contribution >= 0.6 is 0 Å². The van der Waals surface area contributed by atoms with E-state index in [0.29, 0.717) is 23.1 Å². The number of fused-ring (bicyclic) bond motifs is 1. The molecule has 1 N–H and O–H groups in total. The summed E-state index contributed by atoms with van der Waals surface area (Å²) in [4.78, 5) is 27.8. The number of aryl methyl sites for hydroxylation is 2. The molecule has 0 saturated heterocycles. The zero-order valence-corrected chi connectivity index (χ0v) is 12.1. The van der Waals surface area contributed by atoms with Crippen LogP contribution in [-0.4, -0.2) is 30.4 Å². The molecule has 0 aliphatic carbocycles. The van der Waals surface area contributed by atoms with Gasteiger partial charge in [-0.05, 0) is 19.1 Å². The molecule has 0 bridgehead atoms. The smallest absolute Gasteiger partial charge is 0.341 e. The maximum atomic E-state index is 12.3. The second kappa shape index (κ2) is 5.10. The van der Waals surface area contributed by atoms with Gasteiger partial charge in [0.05, 0.1) is 17.4 Å². The highest BCUT2D eigenvalue weighted by atomic mass is 16.4. The third kappa shape index (κ3) is 2.16. The Kier molecular flexibility index (Phi) is 3.25. The molecule has 22 heavy (non-hydrogen) atoms. The van der Waals surface area contributed by atoms with E-state index in [-0.39, 0.29) is 5.56 Å². The Bertz CT molecular complexity index is 940. The molecule has 0 unspecified atom stereocenters. The van der Waals surface area contributed by atoms with Crippen LogP contribution in [0.3, 0.4) is 0 Å². The average Bonchev–Trinajstić information content (AvgIpc) is 2.92. The largest absolute Gasteiger partial charge is 0.477 e. The van der Waals surface area contributed by atoms with Gasteiger partial charge in [-0.2, -0.15) is 5.10 Å². The monoisotopic (exact) mass is 298 g/mol. The second-order valence-electron chi connectivity index (χ2n) is 4.94. The Morgan fingerprint density at radius 1 is 1.32 bits per heavy atom. The lowest BCUT2D eigenvalue weighted by Crippen LogP contribution is -2.26. The first-order chi connectivity index (χ1) is 10.5. The third-order valence-electron chi connectivity index (χ3n) is 3.53. The summed E-state index contributed by atoms with van der Waals surface area (Å²) in [6.07, 6.45) is 5.10. The van der Waals surface area contributed by atoms with Crippen LogP contribution in [0.15, 0.2) is 35.5 Å². The quantitative estimate of drug-likeness (QED) is 0.791. The lowest BCUT2D eigenvalue weighted by molar-refractivity contribution is 0.0694. The number of nitrogens with zero attached hydrogens (tertiary/aromatic N) is 4. The molecule has 0 fully saturated rings. The Balaban J connectivity index is 2.30. The van der Waals surface area contributed by atoms with Crippen molar-refractivity contribution in [3.05, 3.63) is 46.6 Å². The molecule has 112 valence electrons. The van der Waals surface area contributed by atoms with Crippen molar-refractivity contribution < 1.29 is 9.90 Å². The van der Waals surface area contributed by atoms with Gasteiger partial charge in [-0.25, -0.2) is 4.79 Å². The van der Waals surface area contributed by atoms with Crippen LogP contribution in [0.1, 0.15) is 17.3 Å². The molecule has 0 atom stereocenters. The van der Waals surface area contributed by atoms with Gasteiger partial charge in [-0.3, -0.25) is 14.5 Å². The van der Waals surface area contributed by atoms with Crippen molar-refractivity contribution in [2.75, 3.05) is 0 Å². The highest BCUT2D eigenvalue weighted by Gasteiger charge is 2.15. The van der Waals surface area contributed by atoms with E-state index in [2.05, 4.69) is 10.1 Å². The van der Waals surface area contributed by atoms with Gasteiger partial charge in [0.2, 0.25) is 0 Å². The summed E-state index contributed by atoms with van der Waals surface area (Å²) in [5.74, 6) is -1.23. The molecule has 0 spiro atoms. The Labute approximate surface area is 125 Å². The minimum Gasteiger partial charge on any atom is -0.477 e. The normalized spacial score (nSPS) is 11.0. The topological polar surface area (TPSA) is 90.0 Å². The van der Waals surface area contributed by atoms with Crippen molar-refractivity contribution in [3.8, 4) is 11.3 Å². The molecule has 3 aromatic heterocycles. The van der Waals surface area contributed by atoms with Crippen molar-refractivity contribution in [1.29, 1.82) is 0 Å². The molecule has 0 aliphatic rings. The maximum Gasteiger partial charge on any atom is 0.341 e. The fourth-order valence-electron chi connectivity index (χ4n) is 2.45. The van der Waals surface area contributed by atoms with E-state index in [1.165, 1.54) is 10.6 Å². The van der Waals surface area contributed by atoms with Gasteiger partial charge in [-0.1, -0.05) is 0 Å². The van der Waals surface area contributed by atoms with Gasteiger partial charge in [-0.15, -0.1) is 0 Å². The number of carboxylic acid groups (broad SMARTS) is 1. The summed E-state index contributed by atoms with van der Waals surface area (Å²) in [5.41, 5.74) is 1.43. The Morgan fingerprint density at radius 2 is 2.09 bits per heavy atom. The van der Waals surface area contributed by atoms with Crippen LogP contribution in [0.5, 0.6) is 0 Å². The van der Waals surface area contributed by atoms with Gasteiger partial charge in [0.1, 0.15) is 5.56 Å². The van der Waals surface area contributed by atoms with E-state index >= 15 is 0 Å². The van der Waals surface area contributed by atoms with Crippen molar-refractivity contribution in [2.45, 2.75) is 13.5 Å². The zero-order chi connectivity index (χ0) is 15.9. The van der Waals surface area contributed by atoms with E-state index in [0.717, 1.165) is 5.56 Å². The molecular weight excluding hydrogens is 284 g/mol. The summed E-state index contributed by atoms with van der Waals surface area (Å²) < 4.78 is 3.11. The summed E-state index contributed by atoms with van der Waals surface area (Å²) in [6, 6.07) is 3.15. The van der Waals surface area contributed by atoms with Crippen LogP contribution in [0, 0.1) is 0 Å². The van der Waals surface area contributed by atoms with Crippen LogP contribution in [-0.2, 0) is 13.6 Å². The molecule has 3 rings (SSSR count). The highest BCUT2D eigenvalue weighted by molar-refractivity contribution is 5.93. The SMILES string of the molecule is CCn1c(=O)c(C(=O)O)cc2cnc(-c3cnn(C)c3)cc21. The predicted molar refractivity (Wildman–Crippen MR) is 80.8 cm³/mol. The number of hydrogen-bond acceptors (Lipinski definition) is 4. The first kappa shape index (κ1) is 14.0.